The molecule has 0 aromatic heterocycles. The standard InChI is InChI=1S/C51H80O12S/c1-3-5-7-9-11-13-15-17-19-21-23-24-26-28-30-32-34-36-38-40-47(53)61-45(44-60-51-49(55)50(63-64(56,57)58)48(54)46(42-52)62-51)43-59-41-39-37-35-33-31-29-27-25-22-20-18-16-14-12-10-8-6-4-2/h5-8,11-14,17-20,23-25,27-28,30-31,33,45-46,48-52,54-55H,3-4,9-10,15-16,21-22,26,29,32,34-44H2,1-2H3,(H,56,57,58)/b7-5-,8-6-,13-11-,14-12-,19-17-,20-18-,24-23-,27-25-,30-28-,33-31-. The number of hydrogen-bond donors (Lipinski definition) is 4. The van der Waals surface area contributed by atoms with Crippen molar-refractivity contribution in [3.8, 4) is 0 Å². The van der Waals surface area contributed by atoms with Crippen molar-refractivity contribution in [2.24, 2.45) is 0 Å². The molecule has 4 N–H and O–H groups in total. The third-order valence-electron chi connectivity index (χ3n) is 9.58. The minimum Gasteiger partial charge on any atom is -0.457 e. The quantitative estimate of drug-likeness (QED) is 0.0200. The summed E-state index contributed by atoms with van der Waals surface area (Å²) in [6.45, 7) is 3.57. The summed E-state index contributed by atoms with van der Waals surface area (Å²) in [5, 5.41) is 30.7. The number of rotatable bonds is 38. The lowest BCUT2D eigenvalue weighted by Gasteiger charge is -2.41. The first-order valence-corrected chi connectivity index (χ1v) is 24.7. The minimum absolute atomic E-state index is 0.0166. The van der Waals surface area contributed by atoms with Gasteiger partial charge in [0.1, 0.15) is 30.5 Å². The molecule has 6 unspecified atom stereocenters. The van der Waals surface area contributed by atoms with Crippen LogP contribution in [0.15, 0.2) is 122 Å². The Bertz CT molecular complexity index is 1570. The van der Waals surface area contributed by atoms with E-state index in [1.165, 1.54) is 0 Å². The molecule has 0 amide bonds. The molecular formula is C51H80O12S. The highest BCUT2D eigenvalue weighted by molar-refractivity contribution is 7.80. The van der Waals surface area contributed by atoms with Gasteiger partial charge in [-0.15, -0.1) is 0 Å². The van der Waals surface area contributed by atoms with Crippen LogP contribution in [0.3, 0.4) is 0 Å². The number of carbonyl (C=O) groups excluding carboxylic acids is 1. The summed E-state index contributed by atoms with van der Waals surface area (Å²) in [6.07, 6.45) is 49.5. The largest absolute Gasteiger partial charge is 0.457 e. The molecule has 0 saturated carbocycles. The zero-order chi connectivity index (χ0) is 46.8. The van der Waals surface area contributed by atoms with Crippen molar-refractivity contribution >= 4 is 16.4 Å². The van der Waals surface area contributed by atoms with E-state index < -0.39 is 59.8 Å². The van der Waals surface area contributed by atoms with E-state index in [4.69, 9.17) is 18.9 Å². The lowest BCUT2D eigenvalue weighted by Crippen LogP contribution is -2.60. The molecule has 0 radical (unpaired) electrons. The van der Waals surface area contributed by atoms with Crippen LogP contribution in [0.2, 0.25) is 0 Å². The molecule has 0 bridgehead atoms. The summed E-state index contributed by atoms with van der Waals surface area (Å²) in [4.78, 5) is 12.9. The molecule has 0 aliphatic carbocycles. The van der Waals surface area contributed by atoms with Gasteiger partial charge in [0.15, 0.2) is 6.29 Å². The molecule has 0 aromatic rings. The van der Waals surface area contributed by atoms with Crippen LogP contribution in [-0.4, -0.2) is 97.5 Å². The lowest BCUT2D eigenvalue weighted by molar-refractivity contribution is -0.301. The molecule has 13 heteroatoms. The van der Waals surface area contributed by atoms with Gasteiger partial charge in [0.05, 0.1) is 19.8 Å². The fourth-order valence-corrected chi connectivity index (χ4v) is 6.64. The number of esters is 1. The summed E-state index contributed by atoms with van der Waals surface area (Å²) in [5.74, 6) is -0.452. The Kier molecular flexibility index (Phi) is 37.5. The molecule has 64 heavy (non-hydrogen) atoms. The van der Waals surface area contributed by atoms with Crippen molar-refractivity contribution in [3.63, 3.8) is 0 Å². The summed E-state index contributed by atoms with van der Waals surface area (Å²) >= 11 is 0. The van der Waals surface area contributed by atoms with Crippen molar-refractivity contribution in [2.45, 2.75) is 166 Å². The van der Waals surface area contributed by atoms with Crippen molar-refractivity contribution < 1.29 is 56.2 Å². The van der Waals surface area contributed by atoms with Crippen LogP contribution in [0, 0.1) is 0 Å². The maximum Gasteiger partial charge on any atom is 0.397 e. The van der Waals surface area contributed by atoms with Crippen molar-refractivity contribution in [2.75, 3.05) is 26.4 Å². The summed E-state index contributed by atoms with van der Waals surface area (Å²) in [7, 11) is -5.08. The molecule has 0 aromatic carbocycles. The van der Waals surface area contributed by atoms with E-state index in [0.717, 1.165) is 103 Å². The molecule has 1 aliphatic rings. The minimum atomic E-state index is -5.08. The van der Waals surface area contributed by atoms with E-state index in [-0.39, 0.29) is 19.6 Å². The number of aliphatic hydroxyl groups is 3. The lowest BCUT2D eigenvalue weighted by atomic mass is 9.99. The van der Waals surface area contributed by atoms with Crippen molar-refractivity contribution in [3.05, 3.63) is 122 Å². The highest BCUT2D eigenvalue weighted by atomic mass is 32.3. The fraction of sp³-hybridized carbons (Fsp3) is 0.588. The molecule has 6 atom stereocenters. The highest BCUT2D eigenvalue weighted by Crippen LogP contribution is 2.26. The number of aliphatic hydroxyl groups excluding tert-OH is 3. The van der Waals surface area contributed by atoms with Gasteiger partial charge in [-0.25, -0.2) is 4.18 Å². The molecule has 12 nitrogen and oxygen atoms in total. The maximum absolute atomic E-state index is 12.9. The number of unbranched alkanes of at least 4 members (excludes halogenated alkanes) is 5. The summed E-state index contributed by atoms with van der Waals surface area (Å²) < 4.78 is 59.0. The molecule has 362 valence electrons. The van der Waals surface area contributed by atoms with Gasteiger partial charge in [0.25, 0.3) is 0 Å². The maximum atomic E-state index is 12.9. The Balaban J connectivity index is 2.50. The first kappa shape index (κ1) is 58.5. The second-order valence-electron chi connectivity index (χ2n) is 15.2. The molecule has 0 spiro atoms. The van der Waals surface area contributed by atoms with Crippen LogP contribution in [0.1, 0.15) is 129 Å². The zero-order valence-corrected chi connectivity index (χ0v) is 39.3. The van der Waals surface area contributed by atoms with Crippen LogP contribution >= 0.6 is 0 Å². The zero-order valence-electron chi connectivity index (χ0n) is 38.5. The molecular weight excluding hydrogens is 837 g/mol. The Morgan fingerprint density at radius 1 is 0.594 bits per heavy atom. The van der Waals surface area contributed by atoms with Crippen LogP contribution in [0.25, 0.3) is 0 Å². The average Bonchev–Trinajstić information content (AvgIpc) is 3.27. The molecule has 1 fully saturated rings. The number of allylic oxidation sites excluding steroid dienone is 20. The third-order valence-corrected chi connectivity index (χ3v) is 10.0. The predicted octanol–water partition coefficient (Wildman–Crippen LogP) is 10.2. The van der Waals surface area contributed by atoms with Gasteiger partial charge in [0, 0.05) is 13.0 Å². The van der Waals surface area contributed by atoms with E-state index in [9.17, 15) is 33.1 Å². The van der Waals surface area contributed by atoms with Crippen molar-refractivity contribution in [1.29, 1.82) is 0 Å². The summed E-state index contributed by atoms with van der Waals surface area (Å²) in [6, 6.07) is 0. The SMILES string of the molecule is CC/C=C\C/C=C\C/C=C\C/C=C\C/C=C\CCCCCC(=O)OC(COCCCC/C=C\C/C=C\C/C=C\C/C=C\C/C=C\CC)COC1OC(CO)C(O)C(OS(=O)(=O)O)C1O. The van der Waals surface area contributed by atoms with Gasteiger partial charge in [-0.1, -0.05) is 142 Å². The second kappa shape index (κ2) is 41.0. The molecule has 1 heterocycles. The van der Waals surface area contributed by atoms with Gasteiger partial charge >= 0.3 is 16.4 Å². The number of hydrogen-bond acceptors (Lipinski definition) is 11. The molecule has 1 saturated heterocycles. The van der Waals surface area contributed by atoms with Crippen LogP contribution in [0.5, 0.6) is 0 Å². The van der Waals surface area contributed by atoms with E-state index in [1.807, 2.05) is 0 Å². The molecule has 1 aliphatic heterocycles. The van der Waals surface area contributed by atoms with E-state index in [2.05, 4.69) is 140 Å². The second-order valence-corrected chi connectivity index (χ2v) is 16.3. The van der Waals surface area contributed by atoms with Crippen LogP contribution in [0.4, 0.5) is 0 Å². The summed E-state index contributed by atoms with van der Waals surface area (Å²) in [5.41, 5.74) is 0. The monoisotopic (exact) mass is 917 g/mol. The van der Waals surface area contributed by atoms with Gasteiger partial charge in [-0.2, -0.15) is 8.42 Å². The Hall–Kier alpha value is -3.50. The Morgan fingerprint density at radius 3 is 1.47 bits per heavy atom. The Labute approximate surface area is 385 Å². The van der Waals surface area contributed by atoms with E-state index in [1.54, 1.807) is 0 Å². The van der Waals surface area contributed by atoms with Crippen LogP contribution < -0.4 is 0 Å². The van der Waals surface area contributed by atoms with Crippen molar-refractivity contribution in [1.82, 2.24) is 0 Å². The van der Waals surface area contributed by atoms with E-state index in [0.29, 0.717) is 13.0 Å². The predicted molar refractivity (Wildman–Crippen MR) is 257 cm³/mol. The fourth-order valence-electron chi connectivity index (χ4n) is 6.13. The topological polar surface area (TPSA) is 178 Å². The smallest absolute Gasteiger partial charge is 0.397 e. The first-order valence-electron chi connectivity index (χ1n) is 23.3. The van der Waals surface area contributed by atoms with Gasteiger partial charge in [0.2, 0.25) is 0 Å². The highest BCUT2D eigenvalue weighted by Gasteiger charge is 2.48. The normalized spacial score (nSPS) is 20.9. The van der Waals surface area contributed by atoms with Gasteiger partial charge in [-0.05, 0) is 103 Å². The first-order chi connectivity index (χ1) is 31.1. The Morgan fingerprint density at radius 2 is 1.03 bits per heavy atom. The number of carbonyl (C=O) groups is 1. The van der Waals surface area contributed by atoms with Crippen LogP contribution in [-0.2, 0) is 38.3 Å². The third kappa shape index (κ3) is 33.9. The van der Waals surface area contributed by atoms with Gasteiger partial charge in [-0.3, -0.25) is 9.35 Å². The average molecular weight is 917 g/mol. The molecule has 1 rings (SSSR count). The van der Waals surface area contributed by atoms with Gasteiger partial charge < -0.3 is 34.3 Å². The van der Waals surface area contributed by atoms with E-state index >= 15 is 0 Å². The number of ether oxygens (including phenoxy) is 4.